The molecule has 9 heteroatoms. The Hall–Kier alpha value is -4.09. The van der Waals surface area contributed by atoms with Crippen LogP contribution in [0.15, 0.2) is 48.0 Å². The fourth-order valence-electron chi connectivity index (χ4n) is 2.77. The predicted molar refractivity (Wildman–Crippen MR) is 113 cm³/mol. The fourth-order valence-corrected chi connectivity index (χ4v) is 3.01. The third kappa shape index (κ3) is 4.57. The van der Waals surface area contributed by atoms with Gasteiger partial charge in [0.15, 0.2) is 0 Å². The fraction of sp³-hybridized carbons (Fsp3) is 0.0909. The molecule has 8 nitrogen and oxygen atoms in total. The molecule has 4 amide bonds. The quantitative estimate of drug-likeness (QED) is 0.333. The number of benzene rings is 2. The zero-order chi connectivity index (χ0) is 22.5. The number of nitrogens with zero attached hydrogens (tertiary/aromatic N) is 1. The SMILES string of the molecule is C#CCOc1ccc(/C=C2\C(=O)NC(=O)N(c3ccc(C(=O)OC)cc3)C2=O)cc1Cl. The Labute approximate surface area is 182 Å². The molecule has 0 aromatic heterocycles. The van der Waals surface area contributed by atoms with Gasteiger partial charge in [-0.1, -0.05) is 23.6 Å². The van der Waals surface area contributed by atoms with Gasteiger partial charge >= 0.3 is 12.0 Å². The van der Waals surface area contributed by atoms with Gasteiger partial charge in [-0.2, -0.15) is 0 Å². The second-order valence-corrected chi connectivity index (χ2v) is 6.59. The number of imide groups is 2. The van der Waals surface area contributed by atoms with Gasteiger partial charge in [0.05, 0.1) is 23.4 Å². The number of halogens is 1. The number of ether oxygens (including phenoxy) is 2. The van der Waals surface area contributed by atoms with Crippen molar-refractivity contribution in [3.05, 3.63) is 64.2 Å². The normalized spacial score (nSPS) is 14.8. The summed E-state index contributed by atoms with van der Waals surface area (Å²) in [6, 6.07) is 9.30. The van der Waals surface area contributed by atoms with Crippen LogP contribution < -0.4 is 15.0 Å². The number of amides is 4. The Morgan fingerprint density at radius 1 is 1.19 bits per heavy atom. The molecule has 3 rings (SSSR count). The van der Waals surface area contributed by atoms with Gasteiger partial charge in [0.25, 0.3) is 11.8 Å². The molecule has 1 fully saturated rings. The third-order valence-electron chi connectivity index (χ3n) is 4.23. The number of barbiturate groups is 1. The number of urea groups is 1. The molecule has 0 spiro atoms. The van der Waals surface area contributed by atoms with Crippen molar-refractivity contribution in [1.82, 2.24) is 5.32 Å². The minimum absolute atomic E-state index is 0.0346. The van der Waals surface area contributed by atoms with Crippen LogP contribution in [0.3, 0.4) is 0 Å². The van der Waals surface area contributed by atoms with Gasteiger partial charge in [0, 0.05) is 0 Å². The largest absolute Gasteiger partial charge is 0.479 e. The van der Waals surface area contributed by atoms with E-state index < -0.39 is 23.8 Å². The number of nitrogens with one attached hydrogen (secondary N) is 1. The molecule has 0 unspecified atom stereocenters. The average molecular weight is 439 g/mol. The van der Waals surface area contributed by atoms with Crippen molar-refractivity contribution in [2.45, 2.75) is 0 Å². The summed E-state index contributed by atoms with van der Waals surface area (Å²) < 4.78 is 9.90. The maximum absolute atomic E-state index is 12.9. The van der Waals surface area contributed by atoms with Crippen molar-refractivity contribution < 1.29 is 28.7 Å². The highest BCUT2D eigenvalue weighted by molar-refractivity contribution is 6.39. The van der Waals surface area contributed by atoms with E-state index in [-0.39, 0.29) is 28.5 Å². The molecule has 0 bridgehead atoms. The zero-order valence-corrected chi connectivity index (χ0v) is 16.9. The molecule has 1 aliphatic rings. The van der Waals surface area contributed by atoms with Crippen LogP contribution in [-0.4, -0.2) is 37.5 Å². The lowest BCUT2D eigenvalue weighted by molar-refractivity contribution is -0.122. The topological polar surface area (TPSA) is 102 Å². The van der Waals surface area contributed by atoms with E-state index in [4.69, 9.17) is 22.8 Å². The lowest BCUT2D eigenvalue weighted by Gasteiger charge is -2.26. The number of hydrogen-bond donors (Lipinski definition) is 1. The van der Waals surface area contributed by atoms with E-state index in [1.54, 1.807) is 12.1 Å². The van der Waals surface area contributed by atoms with Crippen molar-refractivity contribution in [2.24, 2.45) is 0 Å². The summed E-state index contributed by atoms with van der Waals surface area (Å²) >= 11 is 6.15. The molecular weight excluding hydrogens is 424 g/mol. The highest BCUT2D eigenvalue weighted by Crippen LogP contribution is 2.28. The zero-order valence-electron chi connectivity index (χ0n) is 16.2. The summed E-state index contributed by atoms with van der Waals surface area (Å²) in [6.07, 6.45) is 6.45. The molecule has 1 N–H and O–H groups in total. The first-order valence-electron chi connectivity index (χ1n) is 8.81. The maximum atomic E-state index is 12.9. The first-order chi connectivity index (χ1) is 14.8. The van der Waals surface area contributed by atoms with E-state index in [1.165, 1.54) is 43.5 Å². The monoisotopic (exact) mass is 438 g/mol. The van der Waals surface area contributed by atoms with Crippen molar-refractivity contribution in [1.29, 1.82) is 0 Å². The van der Waals surface area contributed by atoms with Crippen LogP contribution in [-0.2, 0) is 14.3 Å². The Kier molecular flexibility index (Phi) is 6.38. The smallest absolute Gasteiger partial charge is 0.337 e. The summed E-state index contributed by atoms with van der Waals surface area (Å²) in [7, 11) is 1.24. The summed E-state index contributed by atoms with van der Waals surface area (Å²) in [4.78, 5) is 49.9. The summed E-state index contributed by atoms with van der Waals surface area (Å²) in [5, 5.41) is 2.35. The first kappa shape index (κ1) is 21.6. The van der Waals surface area contributed by atoms with Crippen molar-refractivity contribution in [3.8, 4) is 18.1 Å². The molecule has 2 aromatic carbocycles. The second kappa shape index (κ2) is 9.15. The number of rotatable bonds is 5. The van der Waals surface area contributed by atoms with Gasteiger partial charge in [0.2, 0.25) is 0 Å². The van der Waals surface area contributed by atoms with Crippen LogP contribution in [0.1, 0.15) is 15.9 Å². The van der Waals surface area contributed by atoms with E-state index in [9.17, 15) is 19.2 Å². The molecule has 0 atom stereocenters. The third-order valence-corrected chi connectivity index (χ3v) is 4.52. The van der Waals surface area contributed by atoms with Gasteiger partial charge in [-0.05, 0) is 48.0 Å². The van der Waals surface area contributed by atoms with Gasteiger partial charge in [-0.3, -0.25) is 14.9 Å². The van der Waals surface area contributed by atoms with Crippen molar-refractivity contribution in [3.63, 3.8) is 0 Å². The average Bonchev–Trinajstić information content (AvgIpc) is 2.76. The number of hydrogen-bond acceptors (Lipinski definition) is 6. The number of carbonyl (C=O) groups excluding carboxylic acids is 4. The Bertz CT molecular complexity index is 1150. The van der Waals surface area contributed by atoms with Gasteiger partial charge in [-0.15, -0.1) is 6.42 Å². The Morgan fingerprint density at radius 2 is 1.90 bits per heavy atom. The van der Waals surface area contributed by atoms with Gasteiger partial charge < -0.3 is 9.47 Å². The Morgan fingerprint density at radius 3 is 2.52 bits per heavy atom. The molecule has 0 radical (unpaired) electrons. The predicted octanol–water partition coefficient (Wildman–Crippen LogP) is 2.81. The molecule has 2 aromatic rings. The molecule has 1 saturated heterocycles. The van der Waals surface area contributed by atoms with Gasteiger partial charge in [-0.25, -0.2) is 14.5 Å². The summed E-state index contributed by atoms with van der Waals surface area (Å²) in [5.41, 5.74) is 0.575. The van der Waals surface area contributed by atoms with Crippen LogP contribution in [0.2, 0.25) is 5.02 Å². The second-order valence-electron chi connectivity index (χ2n) is 6.18. The van der Waals surface area contributed by atoms with Crippen LogP contribution in [0.5, 0.6) is 5.75 Å². The highest BCUT2D eigenvalue weighted by Gasteiger charge is 2.36. The van der Waals surface area contributed by atoms with Crippen LogP contribution in [0, 0.1) is 12.3 Å². The number of methoxy groups -OCH3 is 1. The van der Waals surface area contributed by atoms with Crippen LogP contribution in [0.25, 0.3) is 6.08 Å². The van der Waals surface area contributed by atoms with E-state index in [0.717, 1.165) is 4.90 Å². The number of esters is 1. The number of anilines is 1. The number of carbonyl (C=O) groups is 4. The van der Waals surface area contributed by atoms with E-state index in [2.05, 4.69) is 16.0 Å². The number of terminal acetylenes is 1. The van der Waals surface area contributed by atoms with Crippen LogP contribution in [0.4, 0.5) is 10.5 Å². The Balaban J connectivity index is 1.91. The van der Waals surface area contributed by atoms with Gasteiger partial charge in [0.1, 0.15) is 17.9 Å². The van der Waals surface area contributed by atoms with Crippen molar-refractivity contribution >= 4 is 47.2 Å². The van der Waals surface area contributed by atoms with E-state index in [0.29, 0.717) is 11.3 Å². The minimum atomic E-state index is -0.908. The molecule has 156 valence electrons. The molecule has 1 heterocycles. The van der Waals surface area contributed by atoms with Crippen LogP contribution >= 0.6 is 11.6 Å². The van der Waals surface area contributed by atoms with E-state index >= 15 is 0 Å². The summed E-state index contributed by atoms with van der Waals surface area (Å²) in [5.74, 6) is 0.427. The summed E-state index contributed by atoms with van der Waals surface area (Å²) in [6.45, 7) is 0.0346. The standard InChI is InChI=1S/C22H15ClN2O6/c1-3-10-31-18-9-4-13(12-17(18)23)11-16-19(26)24-22(29)25(20(16)27)15-7-5-14(6-8-15)21(28)30-2/h1,4-9,11-12H,10H2,2H3,(H,24,26,29)/b16-11+. The molecule has 31 heavy (non-hydrogen) atoms. The molecular formula is C22H15ClN2O6. The minimum Gasteiger partial charge on any atom is -0.479 e. The molecule has 0 aliphatic carbocycles. The van der Waals surface area contributed by atoms with Crippen molar-refractivity contribution in [2.75, 3.05) is 18.6 Å². The highest BCUT2D eigenvalue weighted by atomic mass is 35.5. The maximum Gasteiger partial charge on any atom is 0.337 e. The lowest BCUT2D eigenvalue weighted by atomic mass is 10.1. The molecule has 0 saturated carbocycles. The first-order valence-corrected chi connectivity index (χ1v) is 9.19. The molecule has 1 aliphatic heterocycles. The van der Waals surface area contributed by atoms with E-state index in [1.807, 2.05) is 0 Å². The lowest BCUT2D eigenvalue weighted by Crippen LogP contribution is -2.54.